The Labute approximate surface area is 523 Å². The van der Waals surface area contributed by atoms with E-state index in [0.717, 1.165) is 4.90 Å². The molecule has 1 unspecified atom stereocenters. The van der Waals surface area contributed by atoms with Crippen molar-refractivity contribution in [2.24, 2.45) is 7.05 Å². The minimum atomic E-state index is -6.09. The van der Waals surface area contributed by atoms with Crippen molar-refractivity contribution in [3.63, 3.8) is 0 Å². The summed E-state index contributed by atoms with van der Waals surface area (Å²) in [5.74, 6) is 0. The molecular formula is C56H59F9N2O11S9. The van der Waals surface area contributed by atoms with Gasteiger partial charge in [-0.25, -0.2) is 21.4 Å². The number of thioether (sulfide) groups is 1. The molecule has 3 N–H and O–H groups in total. The van der Waals surface area contributed by atoms with E-state index in [1.165, 1.54) is 50.3 Å². The Morgan fingerprint density at radius 1 is 0.483 bits per heavy atom. The molecule has 0 radical (unpaired) electrons. The first-order valence-electron chi connectivity index (χ1n) is 23.6. The number of alkyl halides is 9. The van der Waals surface area contributed by atoms with E-state index in [2.05, 4.69) is 147 Å². The van der Waals surface area contributed by atoms with E-state index < -0.39 is 57.7 Å². The van der Waals surface area contributed by atoms with Crippen LogP contribution in [0.25, 0.3) is 0 Å². The summed E-state index contributed by atoms with van der Waals surface area (Å²) in [6, 6.07) is 64.7. The second-order valence-corrected chi connectivity index (χ2v) is 28.4. The molecule has 0 saturated carbocycles. The normalized spacial score (nSPS) is 11.4. The molecule has 0 spiro atoms. The van der Waals surface area contributed by atoms with Crippen LogP contribution in [0.3, 0.4) is 0 Å². The molecule has 0 amide bonds. The van der Waals surface area contributed by atoms with E-state index in [4.69, 9.17) is 38.9 Å². The number of benzene rings is 6. The topological polar surface area (TPSA) is 234 Å². The molecule has 0 aliphatic carbocycles. The number of aromatic nitrogens is 2. The molecule has 31 heteroatoms. The first-order valence-corrected chi connectivity index (χ1v) is 35.2. The van der Waals surface area contributed by atoms with Crippen LogP contribution in [0.2, 0.25) is 0 Å². The molecule has 0 bridgehead atoms. The van der Waals surface area contributed by atoms with E-state index >= 15 is 0 Å². The average Bonchev–Trinajstić information content (AvgIpc) is 3.63. The Kier molecular flexibility index (Phi) is 37.8. The number of halogens is 9. The van der Waals surface area contributed by atoms with Crippen molar-refractivity contribution in [2.75, 3.05) is 25.0 Å². The van der Waals surface area contributed by atoms with E-state index in [0.29, 0.717) is 10.9 Å². The number of hydrogen-bond donors (Lipinski definition) is 1. The van der Waals surface area contributed by atoms with Gasteiger partial charge in [0.1, 0.15) is 19.6 Å². The molecule has 6 aromatic carbocycles. The number of aryl methyl sites for hydroxylation is 3. The van der Waals surface area contributed by atoms with E-state index in [1.54, 1.807) is 53.9 Å². The van der Waals surface area contributed by atoms with Crippen LogP contribution in [-0.2, 0) is 59.1 Å². The highest BCUT2D eigenvalue weighted by molar-refractivity contribution is 8.00. The lowest BCUT2D eigenvalue weighted by Crippen LogP contribution is -2.25. The Balaban J connectivity index is 0.00000100. The lowest BCUT2D eigenvalue weighted by molar-refractivity contribution is -0.671. The molecule has 0 aliphatic heterocycles. The van der Waals surface area contributed by atoms with Crippen LogP contribution in [0.15, 0.2) is 257 Å². The van der Waals surface area contributed by atoms with Gasteiger partial charge in [0.25, 0.3) is 0 Å². The summed E-state index contributed by atoms with van der Waals surface area (Å²) in [6.07, 6.45) is 15.8. The highest BCUT2D eigenvalue weighted by Gasteiger charge is 2.44. The van der Waals surface area contributed by atoms with Gasteiger partial charge in [-0.1, -0.05) is 101 Å². The molecular weight excluding hydrogens is 1340 g/mol. The van der Waals surface area contributed by atoms with Crippen LogP contribution in [0.4, 0.5) is 39.5 Å². The molecule has 87 heavy (non-hydrogen) atoms. The Morgan fingerprint density at radius 3 is 1.00 bits per heavy atom. The largest absolute Gasteiger partial charge is 0.741 e. The second-order valence-electron chi connectivity index (χ2n) is 16.4. The van der Waals surface area contributed by atoms with Gasteiger partial charge in [0.15, 0.2) is 37.5 Å². The molecule has 8 aromatic rings. The maximum Gasteiger partial charge on any atom is 0.522 e. The fourth-order valence-electron chi connectivity index (χ4n) is 5.03. The van der Waals surface area contributed by atoms with Gasteiger partial charge in [0.2, 0.25) is 0 Å². The van der Waals surface area contributed by atoms with Gasteiger partial charge in [-0.05, 0) is 141 Å². The molecule has 13 nitrogen and oxygen atoms in total. The van der Waals surface area contributed by atoms with Crippen molar-refractivity contribution in [2.45, 2.75) is 74.4 Å². The van der Waals surface area contributed by atoms with Crippen molar-refractivity contribution in [1.29, 1.82) is 0 Å². The standard InChI is InChI=1S/C15H17S2.C14H14S2.C13H12OS2.C6H8N.C5H5N.3CHF3O3S.H2O/c1-12-4-6-13(7-5-12)16-14-8-10-15(11-9-14)17(2)3;1-11-3-5-13(6-4-11)16-14-9-7-12(15-2)8-10-14;1-16(14)13-9-7-12(8-10-13)15-11-5-3-2-4-6-11;1-7-5-3-2-4-6-7;1-2-4-6-5-3-1;3*2-1(3,4)8(5,6)7;/h4-11H,1-3H3;3-10H,1-2H3;2-10H,1H3;2-6H,1H3;1-5H;3*(H,5,6,7);1H2/q+1;;;+1;;;;;/p-2. The van der Waals surface area contributed by atoms with Crippen molar-refractivity contribution in [1.82, 2.24) is 4.98 Å². The van der Waals surface area contributed by atoms with Crippen molar-refractivity contribution >= 4 is 99.1 Å². The van der Waals surface area contributed by atoms with Gasteiger partial charge in [-0.2, -0.15) is 47.9 Å². The summed E-state index contributed by atoms with van der Waals surface area (Å²) in [7, 11) is -16.6. The zero-order chi connectivity index (χ0) is 65.4. The zero-order valence-electron chi connectivity index (χ0n) is 46.8. The van der Waals surface area contributed by atoms with Gasteiger partial charge in [0, 0.05) is 91.6 Å². The van der Waals surface area contributed by atoms with Crippen molar-refractivity contribution < 1.29 is 92.7 Å². The number of pyridine rings is 2. The van der Waals surface area contributed by atoms with Gasteiger partial charge in [0.05, 0.1) is 0 Å². The number of hydrogen-bond acceptors (Lipinski definition) is 14. The summed E-state index contributed by atoms with van der Waals surface area (Å²) in [4.78, 5) is 15.0. The fourth-order valence-corrected chi connectivity index (χ4v) is 9.11. The monoisotopic (exact) mass is 1390 g/mol. The summed E-state index contributed by atoms with van der Waals surface area (Å²) in [6.45, 7) is 4.23. The quantitative estimate of drug-likeness (QED) is 0.0353. The van der Waals surface area contributed by atoms with E-state index in [1.807, 2.05) is 115 Å². The lowest BCUT2D eigenvalue weighted by Gasteiger charge is -2.08. The highest BCUT2D eigenvalue weighted by atomic mass is 32.2. The minimum absolute atomic E-state index is 0. The Bertz CT molecular complexity index is 3410. The SMILES string of the molecule is CS(=O)c1ccc(Sc2ccccc2)cc1.CSc1ccc(Sc2ccc(C)cc2)cc1.C[n+]1ccccc1.Cc1ccc(Sc2ccc([S+](C)C)cc2)cc1.O.O=S(=O)(O)C(F)(F)F.O=S(=O)([O-])C(F)(F)F.O=S(=O)([O-])C(F)(F)F.c1ccncc1. The van der Waals surface area contributed by atoms with Crippen LogP contribution in [0, 0.1) is 13.8 Å². The lowest BCUT2D eigenvalue weighted by atomic mass is 10.2. The summed E-state index contributed by atoms with van der Waals surface area (Å²) in [5, 5.41) is 0. The first-order chi connectivity index (χ1) is 39.8. The third-order valence-electron chi connectivity index (χ3n) is 9.29. The zero-order valence-corrected chi connectivity index (χ0v) is 54.1. The molecule has 2 aromatic heterocycles. The molecule has 0 saturated heterocycles. The molecule has 2 heterocycles. The van der Waals surface area contributed by atoms with Crippen LogP contribution in [0.5, 0.6) is 0 Å². The number of rotatable bonds is 9. The van der Waals surface area contributed by atoms with Gasteiger partial charge in [-0.3, -0.25) is 13.7 Å². The second kappa shape index (κ2) is 40.3. The molecule has 0 aliphatic rings. The maximum absolute atomic E-state index is 11.2. The highest BCUT2D eigenvalue weighted by Crippen LogP contribution is 2.31. The molecule has 1 atom stereocenters. The van der Waals surface area contributed by atoms with Crippen molar-refractivity contribution in [3.05, 3.63) is 224 Å². The predicted octanol–water partition coefficient (Wildman–Crippen LogP) is 14.1. The summed E-state index contributed by atoms with van der Waals surface area (Å²) in [5.41, 5.74) is -14.2. The Morgan fingerprint density at radius 2 is 0.759 bits per heavy atom. The maximum atomic E-state index is 11.2. The predicted molar refractivity (Wildman–Crippen MR) is 327 cm³/mol. The van der Waals surface area contributed by atoms with Crippen LogP contribution in [0.1, 0.15) is 11.1 Å². The Hall–Kier alpha value is -5.42. The van der Waals surface area contributed by atoms with E-state index in [-0.39, 0.29) is 5.48 Å². The third kappa shape index (κ3) is 37.2. The molecule has 476 valence electrons. The van der Waals surface area contributed by atoms with Crippen LogP contribution >= 0.6 is 47.0 Å². The minimum Gasteiger partial charge on any atom is -0.741 e. The summed E-state index contributed by atoms with van der Waals surface area (Å²) < 4.78 is 189. The summed E-state index contributed by atoms with van der Waals surface area (Å²) >= 11 is 7.11. The van der Waals surface area contributed by atoms with E-state index in [9.17, 15) is 43.7 Å². The third-order valence-corrected chi connectivity index (χ3v) is 17.0. The average molecular weight is 1400 g/mol. The number of nitrogens with zero attached hydrogens (tertiary/aromatic N) is 2. The fraction of sp³-hybridized carbons (Fsp3) is 0.179. The molecule has 0 fully saturated rings. The smallest absolute Gasteiger partial charge is 0.522 e. The van der Waals surface area contributed by atoms with Crippen LogP contribution < -0.4 is 4.57 Å². The molecule has 8 rings (SSSR count). The van der Waals surface area contributed by atoms with Gasteiger partial charge in [-0.15, -0.1) is 11.8 Å². The first kappa shape index (κ1) is 81.6. The van der Waals surface area contributed by atoms with Gasteiger partial charge < -0.3 is 14.6 Å². The van der Waals surface area contributed by atoms with Crippen LogP contribution in [-0.4, -0.2) is 95.1 Å². The van der Waals surface area contributed by atoms with Crippen molar-refractivity contribution in [3.8, 4) is 0 Å². The van der Waals surface area contributed by atoms with Gasteiger partial charge >= 0.3 is 26.6 Å².